The molecule has 2 aliphatic heterocycles. The number of amides is 2. The molecule has 8 nitrogen and oxygen atoms in total. The number of ether oxygens (including phenoxy) is 4. The van der Waals surface area contributed by atoms with Gasteiger partial charge in [-0.2, -0.15) is 4.90 Å². The van der Waals surface area contributed by atoms with Gasteiger partial charge >= 0.3 is 12.2 Å². The molecule has 0 radical (unpaired) electrons. The van der Waals surface area contributed by atoms with Crippen LogP contribution in [0.3, 0.4) is 0 Å². The van der Waals surface area contributed by atoms with E-state index in [1.165, 1.54) is 17.8 Å². The topological polar surface area (TPSA) is 86.7 Å². The molecule has 1 aromatic carbocycles. The summed E-state index contributed by atoms with van der Waals surface area (Å²) in [5.74, 6) is -0.106. The summed E-state index contributed by atoms with van der Waals surface area (Å²) in [7, 11) is 0. The van der Waals surface area contributed by atoms with Gasteiger partial charge in [-0.3, -0.25) is 0 Å². The van der Waals surface area contributed by atoms with Crippen molar-refractivity contribution in [2.24, 2.45) is 10.9 Å². The predicted molar refractivity (Wildman–Crippen MR) is 154 cm³/mol. The lowest BCUT2D eigenvalue weighted by molar-refractivity contribution is -0.0906. The maximum absolute atomic E-state index is 15.4. The minimum Gasteiger partial charge on any atom is -0.443 e. The van der Waals surface area contributed by atoms with Gasteiger partial charge in [0.25, 0.3) is 0 Å². The second-order valence-corrected chi connectivity index (χ2v) is 13.7. The number of carbonyl (C=O) groups excluding carboxylic acids is 2. The second-order valence-electron chi connectivity index (χ2n) is 11.8. The number of amidine groups is 1. The zero-order chi connectivity index (χ0) is 29.0. The van der Waals surface area contributed by atoms with E-state index in [4.69, 9.17) is 23.9 Å². The Bertz CT molecular complexity index is 1050. The minimum absolute atomic E-state index is 0.0629. The number of hydrogen-bond acceptors (Lipinski definition) is 8. The van der Waals surface area contributed by atoms with Crippen molar-refractivity contribution in [1.29, 1.82) is 0 Å². The number of thioether (sulfide) groups is 1. The molecule has 0 aliphatic carbocycles. The number of unbranched alkanes of at least 4 members (excludes halogenated alkanes) is 1. The van der Waals surface area contributed by atoms with Crippen LogP contribution in [0.1, 0.15) is 73.3 Å². The highest BCUT2D eigenvalue weighted by Crippen LogP contribution is 2.48. The highest BCUT2D eigenvalue weighted by atomic mass is 79.9. The van der Waals surface area contributed by atoms with Gasteiger partial charge in [0.15, 0.2) is 5.17 Å². The molecular formula is C28H40BrFN2O6S. The van der Waals surface area contributed by atoms with E-state index < -0.39 is 34.7 Å². The lowest BCUT2D eigenvalue weighted by Crippen LogP contribution is -2.54. The Balaban J connectivity index is 2.05. The maximum atomic E-state index is 15.4. The molecule has 3 atom stereocenters. The summed E-state index contributed by atoms with van der Waals surface area (Å²) in [5, 5.41) is 0.0790. The molecule has 0 saturated carbocycles. The molecule has 1 fully saturated rings. The summed E-state index contributed by atoms with van der Waals surface area (Å²) < 4.78 is 39.2. The molecule has 0 bridgehead atoms. The van der Waals surface area contributed by atoms with Crippen molar-refractivity contribution in [3.63, 3.8) is 0 Å². The van der Waals surface area contributed by atoms with Crippen molar-refractivity contribution in [3.05, 3.63) is 34.1 Å². The fraction of sp³-hybridized carbons (Fsp3) is 0.679. The Morgan fingerprint density at radius 2 is 1.82 bits per heavy atom. The molecule has 2 amide bonds. The third-order valence-corrected chi connectivity index (χ3v) is 7.75. The van der Waals surface area contributed by atoms with Gasteiger partial charge in [-0.15, -0.1) is 0 Å². The van der Waals surface area contributed by atoms with E-state index in [9.17, 15) is 9.59 Å². The average Bonchev–Trinajstić information content (AvgIpc) is 2.81. The zero-order valence-corrected chi connectivity index (χ0v) is 26.2. The highest BCUT2D eigenvalue weighted by molar-refractivity contribution is 9.10. The lowest BCUT2D eigenvalue weighted by Gasteiger charge is -2.47. The van der Waals surface area contributed by atoms with Gasteiger partial charge < -0.3 is 18.9 Å². The van der Waals surface area contributed by atoms with E-state index in [2.05, 4.69) is 22.9 Å². The van der Waals surface area contributed by atoms with E-state index in [0.717, 1.165) is 17.7 Å². The van der Waals surface area contributed by atoms with Gasteiger partial charge in [-0.1, -0.05) is 41.0 Å². The third kappa shape index (κ3) is 8.41. The van der Waals surface area contributed by atoms with Gasteiger partial charge in [-0.25, -0.2) is 19.0 Å². The largest absolute Gasteiger partial charge is 0.443 e. The van der Waals surface area contributed by atoms with Crippen molar-refractivity contribution in [3.8, 4) is 0 Å². The number of halogens is 2. The first-order valence-electron chi connectivity index (χ1n) is 13.3. The van der Waals surface area contributed by atoms with Gasteiger partial charge in [0.2, 0.25) is 0 Å². The summed E-state index contributed by atoms with van der Waals surface area (Å²) in [6.45, 7) is 13.5. The van der Waals surface area contributed by atoms with Crippen LogP contribution in [0, 0.1) is 11.7 Å². The molecule has 3 rings (SSSR count). The number of rotatable bonds is 6. The molecule has 39 heavy (non-hydrogen) atoms. The smallest absolute Gasteiger partial charge is 0.426 e. The van der Waals surface area contributed by atoms with Crippen molar-refractivity contribution in [1.82, 2.24) is 4.90 Å². The Morgan fingerprint density at radius 1 is 1.18 bits per heavy atom. The van der Waals surface area contributed by atoms with Crippen molar-refractivity contribution in [2.45, 2.75) is 90.6 Å². The van der Waals surface area contributed by atoms with Gasteiger partial charge in [0.05, 0.1) is 19.3 Å². The number of imide groups is 1. The normalized spacial score (nSPS) is 23.5. The maximum Gasteiger partial charge on any atom is 0.426 e. The van der Waals surface area contributed by atoms with Crippen LogP contribution in [-0.2, 0) is 24.5 Å². The molecular weight excluding hydrogens is 591 g/mol. The summed E-state index contributed by atoms with van der Waals surface area (Å²) in [6, 6.07) is 4.68. The Morgan fingerprint density at radius 3 is 2.41 bits per heavy atom. The SMILES string of the molecule is CCCCOC[C@H]1C[C@H]2CSC(N(C(=O)OC(C)(C)C)C(=O)OC(C)(C)C)=N[C@@]2(c2cc(Br)ccc2F)CO1. The first-order chi connectivity index (χ1) is 18.1. The van der Waals surface area contributed by atoms with E-state index >= 15 is 4.39 Å². The highest BCUT2D eigenvalue weighted by Gasteiger charge is 2.51. The van der Waals surface area contributed by atoms with Gasteiger partial charge in [0.1, 0.15) is 22.6 Å². The summed E-state index contributed by atoms with van der Waals surface area (Å²) >= 11 is 4.70. The second kappa shape index (κ2) is 12.9. The van der Waals surface area contributed by atoms with Crippen LogP contribution >= 0.6 is 27.7 Å². The molecule has 0 N–H and O–H groups in total. The fourth-order valence-electron chi connectivity index (χ4n) is 4.38. The van der Waals surface area contributed by atoms with Crippen LogP contribution in [0.15, 0.2) is 27.7 Å². The van der Waals surface area contributed by atoms with Crippen LogP contribution < -0.4 is 0 Å². The molecule has 0 aromatic heterocycles. The monoisotopic (exact) mass is 630 g/mol. The molecule has 0 spiro atoms. The van der Waals surface area contributed by atoms with Crippen LogP contribution in [-0.4, -0.2) is 65.1 Å². The average molecular weight is 632 g/mol. The Labute approximate surface area is 243 Å². The number of carbonyl (C=O) groups is 2. The third-order valence-electron chi connectivity index (χ3n) is 6.15. The fourth-order valence-corrected chi connectivity index (χ4v) is 6.00. The number of hydrogen-bond donors (Lipinski definition) is 0. The van der Waals surface area contributed by atoms with E-state index in [1.807, 2.05) is 0 Å². The van der Waals surface area contributed by atoms with Crippen molar-refractivity contribution in [2.75, 3.05) is 25.6 Å². The summed E-state index contributed by atoms with van der Waals surface area (Å²) in [4.78, 5) is 32.4. The molecule has 11 heteroatoms. The first kappa shape index (κ1) is 31.8. The number of aliphatic imine (C=N–C) groups is 1. The molecule has 2 heterocycles. The van der Waals surface area contributed by atoms with Crippen LogP contribution in [0.25, 0.3) is 0 Å². The molecule has 1 saturated heterocycles. The van der Waals surface area contributed by atoms with Gasteiger partial charge in [0, 0.05) is 28.3 Å². The molecule has 2 aliphatic rings. The first-order valence-corrected chi connectivity index (χ1v) is 15.1. The number of fused-ring (bicyclic) bond motifs is 1. The van der Waals surface area contributed by atoms with Crippen molar-refractivity contribution < 1.29 is 32.9 Å². The molecule has 1 aromatic rings. The quantitative estimate of drug-likeness (QED) is 0.305. The minimum atomic E-state index is -1.17. The summed E-state index contributed by atoms with van der Waals surface area (Å²) in [5.41, 5.74) is -2.57. The Kier molecular flexibility index (Phi) is 10.5. The molecule has 0 unspecified atom stereocenters. The number of benzene rings is 1. The van der Waals surface area contributed by atoms with Crippen molar-refractivity contribution >= 4 is 45.0 Å². The standard InChI is InChI=1S/C28H40BrFN2O6S/c1-8-9-12-35-15-20-13-18-16-39-23(31-28(18,17-36-20)21-14-19(29)10-11-22(21)30)32(24(33)37-26(2,3)4)25(34)38-27(5,6)7/h10-11,14,18,20H,8-9,12-13,15-17H2,1-7H3/t18-,20+,28-/m0/s1. The summed E-state index contributed by atoms with van der Waals surface area (Å²) in [6.07, 6.45) is 0.605. The van der Waals surface area contributed by atoms with E-state index in [-0.39, 0.29) is 23.8 Å². The Hall–Kier alpha value is -1.69. The zero-order valence-electron chi connectivity index (χ0n) is 23.8. The van der Waals surface area contributed by atoms with Crippen LogP contribution in [0.4, 0.5) is 14.0 Å². The lowest BCUT2D eigenvalue weighted by atomic mass is 9.75. The van der Waals surface area contributed by atoms with Crippen LogP contribution in [0.5, 0.6) is 0 Å². The van der Waals surface area contributed by atoms with E-state index in [1.54, 1.807) is 53.7 Å². The molecule has 218 valence electrons. The van der Waals surface area contributed by atoms with Gasteiger partial charge in [-0.05, 0) is 72.6 Å². The predicted octanol–water partition coefficient (Wildman–Crippen LogP) is 7.28. The number of nitrogens with zero attached hydrogens (tertiary/aromatic N) is 2. The van der Waals surface area contributed by atoms with Crippen LogP contribution in [0.2, 0.25) is 0 Å². The van der Waals surface area contributed by atoms with E-state index in [0.29, 0.717) is 35.4 Å².